The highest BCUT2D eigenvalue weighted by molar-refractivity contribution is 7.09. The van der Waals surface area contributed by atoms with Gasteiger partial charge in [0, 0.05) is 30.1 Å². The summed E-state index contributed by atoms with van der Waals surface area (Å²) in [6.45, 7) is 2.66. The molecule has 0 radical (unpaired) electrons. The first-order valence-electron chi connectivity index (χ1n) is 8.83. The van der Waals surface area contributed by atoms with E-state index in [2.05, 4.69) is 15.6 Å². The van der Waals surface area contributed by atoms with Gasteiger partial charge in [-0.15, -0.1) is 28.8 Å². The van der Waals surface area contributed by atoms with Crippen molar-refractivity contribution in [2.75, 3.05) is 26.7 Å². The molecule has 7 nitrogen and oxygen atoms in total. The van der Waals surface area contributed by atoms with Crippen molar-refractivity contribution in [1.29, 1.82) is 0 Å². The summed E-state index contributed by atoms with van der Waals surface area (Å²) >= 11 is 1.66. The number of hydrogen-bond donors (Lipinski definition) is 1. The molecule has 0 saturated carbocycles. The fourth-order valence-electron chi connectivity index (χ4n) is 3.35. The lowest BCUT2D eigenvalue weighted by Gasteiger charge is -2.36. The van der Waals surface area contributed by atoms with E-state index in [9.17, 15) is 4.79 Å². The highest BCUT2D eigenvalue weighted by Gasteiger charge is 2.31. The second kappa shape index (κ2) is 9.18. The lowest BCUT2D eigenvalue weighted by molar-refractivity contribution is 0.0625. The number of nitrogens with zero attached hydrogens (tertiary/aromatic N) is 4. The quantitative estimate of drug-likeness (QED) is 0.688. The first-order valence-corrected chi connectivity index (χ1v) is 9.71. The predicted molar refractivity (Wildman–Crippen MR) is 110 cm³/mol. The summed E-state index contributed by atoms with van der Waals surface area (Å²) in [5.41, 5.74) is 1.36. The van der Waals surface area contributed by atoms with Crippen LogP contribution in [0.4, 0.5) is 0 Å². The second-order valence-electron chi connectivity index (χ2n) is 6.34. The lowest BCUT2D eigenvalue weighted by atomic mass is 10.0. The van der Waals surface area contributed by atoms with Crippen molar-refractivity contribution in [3.8, 4) is 5.75 Å². The minimum atomic E-state index is -0.107. The Labute approximate surface area is 173 Å². The number of para-hydroxylation sites is 1. The van der Waals surface area contributed by atoms with Crippen LogP contribution in [0.3, 0.4) is 0 Å². The zero-order valence-corrected chi connectivity index (χ0v) is 17.1. The number of halogens is 1. The Morgan fingerprint density at radius 2 is 2.18 bits per heavy atom. The maximum atomic E-state index is 13.1. The number of nitrogens with one attached hydrogen (secondary N) is 1. The molecule has 1 aliphatic rings. The normalized spacial score (nSPS) is 16.5. The van der Waals surface area contributed by atoms with Crippen LogP contribution in [-0.4, -0.2) is 52.5 Å². The van der Waals surface area contributed by atoms with Crippen LogP contribution in [0.2, 0.25) is 0 Å². The molecule has 28 heavy (non-hydrogen) atoms. The van der Waals surface area contributed by atoms with Gasteiger partial charge in [0.25, 0.3) is 5.91 Å². The van der Waals surface area contributed by atoms with Crippen LogP contribution < -0.4 is 10.1 Å². The summed E-state index contributed by atoms with van der Waals surface area (Å²) in [6.07, 6.45) is 1.73. The van der Waals surface area contributed by atoms with E-state index in [1.54, 1.807) is 29.3 Å². The minimum Gasteiger partial charge on any atom is -0.496 e. The van der Waals surface area contributed by atoms with E-state index in [1.165, 1.54) is 4.88 Å². The van der Waals surface area contributed by atoms with Gasteiger partial charge in [-0.2, -0.15) is 0 Å². The van der Waals surface area contributed by atoms with Gasteiger partial charge in [-0.3, -0.25) is 4.79 Å². The molecule has 1 saturated heterocycles. The third kappa shape index (κ3) is 4.19. The first kappa shape index (κ1) is 20.3. The molecular weight excluding hydrogens is 398 g/mol. The molecule has 1 fully saturated rings. The summed E-state index contributed by atoms with van der Waals surface area (Å²) in [5.74, 6) is 0.676. The fourth-order valence-corrected chi connectivity index (χ4v) is 4.05. The first-order chi connectivity index (χ1) is 13.3. The number of rotatable bonds is 5. The molecule has 1 atom stereocenters. The molecule has 148 valence electrons. The number of hydrogen-bond acceptors (Lipinski definition) is 6. The van der Waals surface area contributed by atoms with Crippen LogP contribution in [0, 0.1) is 0 Å². The van der Waals surface area contributed by atoms with Gasteiger partial charge in [0.15, 0.2) is 5.69 Å². The maximum absolute atomic E-state index is 13.1. The number of piperazine rings is 1. The van der Waals surface area contributed by atoms with Gasteiger partial charge in [-0.1, -0.05) is 29.5 Å². The average Bonchev–Trinajstić information content (AvgIpc) is 3.40. The van der Waals surface area contributed by atoms with E-state index in [0.717, 1.165) is 17.9 Å². The molecule has 2 aromatic heterocycles. The van der Waals surface area contributed by atoms with Gasteiger partial charge in [-0.25, -0.2) is 4.68 Å². The van der Waals surface area contributed by atoms with Crippen molar-refractivity contribution >= 4 is 29.7 Å². The van der Waals surface area contributed by atoms with E-state index in [4.69, 9.17) is 4.74 Å². The monoisotopic (exact) mass is 419 g/mol. The Hall–Kier alpha value is -2.42. The molecule has 0 bridgehead atoms. The Balaban J connectivity index is 0.00000225. The molecule has 3 heterocycles. The summed E-state index contributed by atoms with van der Waals surface area (Å²) in [4.78, 5) is 16.2. The molecule has 1 unspecified atom stereocenters. The molecule has 1 aromatic carbocycles. The van der Waals surface area contributed by atoms with E-state index < -0.39 is 0 Å². The van der Waals surface area contributed by atoms with E-state index >= 15 is 0 Å². The molecule has 3 aromatic rings. The smallest absolute Gasteiger partial charge is 0.276 e. The number of aromatic nitrogens is 3. The van der Waals surface area contributed by atoms with Crippen LogP contribution in [0.15, 0.2) is 48.0 Å². The third-order valence-corrected chi connectivity index (χ3v) is 5.52. The number of ether oxygens (including phenoxy) is 1. The average molecular weight is 420 g/mol. The molecule has 4 rings (SSSR count). The Kier molecular flexibility index (Phi) is 6.66. The van der Waals surface area contributed by atoms with Crippen LogP contribution >= 0.6 is 23.7 Å². The van der Waals surface area contributed by atoms with Crippen LogP contribution in [0.1, 0.15) is 27.0 Å². The molecule has 9 heteroatoms. The number of benzene rings is 1. The van der Waals surface area contributed by atoms with Crippen molar-refractivity contribution in [2.24, 2.45) is 0 Å². The third-order valence-electron chi connectivity index (χ3n) is 4.66. The number of amides is 1. The van der Waals surface area contributed by atoms with Gasteiger partial charge < -0.3 is 15.0 Å². The number of thiophene rings is 1. The zero-order valence-electron chi connectivity index (χ0n) is 15.4. The Bertz CT molecular complexity index is 915. The number of methoxy groups -OCH3 is 1. The standard InChI is InChI=1S/C19H21N5O2S.ClH/c1-26-18-7-3-2-6-15(18)17-11-20-8-9-24(17)19(25)16-13-23(22-21-16)12-14-5-4-10-27-14;/h2-7,10,13,17,20H,8-9,11-12H2,1H3;1H. The Morgan fingerprint density at radius 1 is 1.32 bits per heavy atom. The van der Waals surface area contributed by atoms with Crippen molar-refractivity contribution in [2.45, 2.75) is 12.6 Å². The maximum Gasteiger partial charge on any atom is 0.276 e. The molecule has 0 spiro atoms. The molecular formula is C19H22ClN5O2S. The Morgan fingerprint density at radius 3 is 2.96 bits per heavy atom. The zero-order chi connectivity index (χ0) is 18.6. The summed E-state index contributed by atoms with van der Waals surface area (Å²) in [7, 11) is 1.65. The molecule has 1 amide bonds. The van der Waals surface area contributed by atoms with Gasteiger partial charge in [0.2, 0.25) is 0 Å². The van der Waals surface area contributed by atoms with Gasteiger partial charge in [0.05, 0.1) is 25.9 Å². The summed E-state index contributed by atoms with van der Waals surface area (Å²) < 4.78 is 7.21. The van der Waals surface area contributed by atoms with Gasteiger partial charge in [0.1, 0.15) is 5.75 Å². The van der Waals surface area contributed by atoms with Crippen LogP contribution in [-0.2, 0) is 6.54 Å². The van der Waals surface area contributed by atoms with Crippen LogP contribution in [0.5, 0.6) is 5.75 Å². The highest BCUT2D eigenvalue weighted by Crippen LogP contribution is 2.30. The molecule has 1 aliphatic heterocycles. The summed E-state index contributed by atoms with van der Waals surface area (Å²) in [5, 5.41) is 13.6. The van der Waals surface area contributed by atoms with Gasteiger partial charge >= 0.3 is 0 Å². The number of carbonyl (C=O) groups is 1. The SMILES string of the molecule is COc1ccccc1C1CNCCN1C(=O)c1cn(Cc2cccs2)nn1.Cl. The summed E-state index contributed by atoms with van der Waals surface area (Å²) in [6, 6.07) is 11.8. The topological polar surface area (TPSA) is 72.3 Å². The highest BCUT2D eigenvalue weighted by atomic mass is 35.5. The van der Waals surface area contributed by atoms with E-state index in [0.29, 0.717) is 25.3 Å². The van der Waals surface area contributed by atoms with E-state index in [1.807, 2.05) is 46.7 Å². The molecule has 1 N–H and O–H groups in total. The largest absolute Gasteiger partial charge is 0.496 e. The van der Waals surface area contributed by atoms with Crippen molar-refractivity contribution in [3.05, 3.63) is 64.1 Å². The fraction of sp³-hybridized carbons (Fsp3) is 0.316. The lowest BCUT2D eigenvalue weighted by Crippen LogP contribution is -2.48. The number of carbonyl (C=O) groups excluding carboxylic acids is 1. The second-order valence-corrected chi connectivity index (χ2v) is 7.37. The van der Waals surface area contributed by atoms with Crippen molar-refractivity contribution in [1.82, 2.24) is 25.2 Å². The van der Waals surface area contributed by atoms with Crippen molar-refractivity contribution < 1.29 is 9.53 Å². The molecule has 0 aliphatic carbocycles. The minimum absolute atomic E-state index is 0. The van der Waals surface area contributed by atoms with Crippen molar-refractivity contribution in [3.63, 3.8) is 0 Å². The van der Waals surface area contributed by atoms with E-state index in [-0.39, 0.29) is 24.4 Å². The van der Waals surface area contributed by atoms with Crippen LogP contribution in [0.25, 0.3) is 0 Å². The van der Waals surface area contributed by atoms with Gasteiger partial charge in [-0.05, 0) is 17.5 Å². The predicted octanol–water partition coefficient (Wildman–Crippen LogP) is 2.61.